The zero-order valence-corrected chi connectivity index (χ0v) is 48.0. The summed E-state index contributed by atoms with van der Waals surface area (Å²) in [6.07, 6.45) is -46.4. The van der Waals surface area contributed by atoms with Crippen LogP contribution in [0.4, 0.5) is 0 Å². The second kappa shape index (κ2) is 34.9. The number of aliphatic carboxylic acids is 1. The summed E-state index contributed by atoms with van der Waals surface area (Å²) < 4.78 is 44.7. The van der Waals surface area contributed by atoms with Crippen LogP contribution in [0.15, 0.2) is 0 Å². The molecule has 0 spiro atoms. The van der Waals surface area contributed by atoms with Gasteiger partial charge in [0.2, 0.25) is 17.7 Å². The van der Waals surface area contributed by atoms with Gasteiger partial charge in [0.15, 0.2) is 36.5 Å². The fraction of sp³-hybridized carbons (Fsp3) is 0.848. The minimum Gasteiger partial charge on any atom is -0.547 e. The summed E-state index contributed by atoms with van der Waals surface area (Å²) >= 11 is 0. The third kappa shape index (κ3) is 19.9. The van der Waals surface area contributed by atoms with Gasteiger partial charge < -0.3 is 151 Å². The van der Waals surface area contributed by atoms with Crippen LogP contribution in [0.2, 0.25) is 0 Å². The van der Waals surface area contributed by atoms with Gasteiger partial charge in [0.05, 0.1) is 57.6 Å². The predicted molar refractivity (Wildman–Crippen MR) is 257 cm³/mol. The van der Waals surface area contributed by atoms with Gasteiger partial charge in [-0.25, -0.2) is 0 Å². The summed E-state index contributed by atoms with van der Waals surface area (Å²) in [5, 5.41) is 183. The van der Waals surface area contributed by atoms with Crippen LogP contribution >= 0.6 is 0 Å². The van der Waals surface area contributed by atoms with E-state index in [2.05, 4.69) is 16.0 Å². The van der Waals surface area contributed by atoms with Crippen LogP contribution in [0.3, 0.4) is 0 Å². The summed E-state index contributed by atoms with van der Waals surface area (Å²) in [6, 6.07) is -3.05. The van der Waals surface area contributed by atoms with Crippen molar-refractivity contribution in [1.29, 1.82) is 0 Å². The molecule has 474 valence electrons. The smallest absolute Gasteiger partial charge is 0.547 e. The predicted octanol–water partition coefficient (Wildman–Crippen LogP) is -17.8. The minimum atomic E-state index is -2.40. The number of amides is 4. The molecule has 83 heavy (non-hydrogen) atoms. The average Bonchev–Trinajstić information content (AvgIpc) is 3.63. The van der Waals surface area contributed by atoms with E-state index in [4.69, 9.17) is 53.2 Å². The van der Waals surface area contributed by atoms with Gasteiger partial charge in [0.25, 0.3) is 5.91 Å². The third-order valence-electron chi connectivity index (χ3n) is 13.3. The zero-order valence-electron chi connectivity index (χ0n) is 46.0. The largest absolute Gasteiger partial charge is 1.00 e. The topological polar surface area (TPSA) is 588 Å². The molecule has 37 heteroatoms. The average molecular weight is 1220 g/mol. The number of carboxylic acid groups (broad SMARTS) is 1. The Morgan fingerprint density at radius 3 is 1.37 bits per heavy atom. The molecule has 4 saturated heterocycles. The fourth-order valence-electron chi connectivity index (χ4n) is 8.68. The molecular weight excluding hydrogens is 1140 g/mol. The molecule has 4 aliphatic rings. The molecule has 0 aromatic rings. The van der Waals surface area contributed by atoms with E-state index >= 15 is 0 Å². The van der Waals surface area contributed by atoms with Gasteiger partial charge in [-0.1, -0.05) is 13.8 Å². The van der Waals surface area contributed by atoms with Crippen molar-refractivity contribution in [3.8, 4) is 0 Å². The van der Waals surface area contributed by atoms with Crippen LogP contribution in [0, 0.1) is 5.92 Å². The Bertz CT molecular complexity index is 2090. The summed E-state index contributed by atoms with van der Waals surface area (Å²) in [5.41, 5.74) is 0. The van der Waals surface area contributed by atoms with Crippen molar-refractivity contribution in [2.45, 2.75) is 194 Å². The normalized spacial score (nSPS) is 35.7. The van der Waals surface area contributed by atoms with Crippen LogP contribution in [0.25, 0.3) is 0 Å². The van der Waals surface area contributed by atoms with Crippen molar-refractivity contribution in [1.82, 2.24) is 21.3 Å². The SMILES string of the molecule is CC(C)C(=O)NCC(=O)[C@@H](O)[C@H](O)[C@H](O)CO.CO[C@H]1C(O)C(O)[C@H](O[C@@H]2C(NC(C)=O)[C@H](O[C@H]3C(O)C(O)[C@H](O[C@@H]4C(NC(C)=O)[C@H](C)OC(CO)[C@H]4O)O[C@H]3C(=O)[O-])OC(CO)[C@H]2O)O[C@H]1C(=O)NCC(=O)[C@@H](O)[C@H](O)[C@H](O)CO.[Na+]. The van der Waals surface area contributed by atoms with Gasteiger partial charge in [-0.15, -0.1) is 0 Å². The molecule has 20 N–H and O–H groups in total. The molecule has 26 atom stereocenters. The Morgan fingerprint density at radius 1 is 0.542 bits per heavy atom. The fourth-order valence-corrected chi connectivity index (χ4v) is 8.68. The molecule has 0 aliphatic carbocycles. The summed E-state index contributed by atoms with van der Waals surface area (Å²) in [7, 11) is 0.994. The number of hydrogen-bond acceptors (Lipinski definition) is 32. The van der Waals surface area contributed by atoms with E-state index in [-0.39, 0.29) is 41.4 Å². The molecular formula is C46H77N4NaO32. The Balaban J connectivity index is 0.00000113. The molecule has 0 radical (unpaired) electrons. The number of ether oxygens (including phenoxy) is 8. The molecule has 4 fully saturated rings. The van der Waals surface area contributed by atoms with Crippen LogP contribution in [0.1, 0.15) is 34.6 Å². The number of ketones is 2. The van der Waals surface area contributed by atoms with Gasteiger partial charge in [-0.3, -0.25) is 28.8 Å². The van der Waals surface area contributed by atoms with Crippen molar-refractivity contribution < 1.29 is 188 Å². The van der Waals surface area contributed by atoms with Crippen molar-refractivity contribution in [2.24, 2.45) is 5.92 Å². The first-order valence-corrected chi connectivity index (χ1v) is 25.4. The maximum Gasteiger partial charge on any atom is 1.00 e. The van der Waals surface area contributed by atoms with Gasteiger partial charge in [0, 0.05) is 26.9 Å². The summed E-state index contributed by atoms with van der Waals surface area (Å²) in [5.74, 6) is -7.64. The number of Topliss-reactive ketones (excluding diaryl/α,β-unsaturated/α-hetero) is 2. The minimum absolute atomic E-state index is 0. The first-order valence-electron chi connectivity index (χ1n) is 25.4. The Labute approximate surface area is 494 Å². The van der Waals surface area contributed by atoms with Crippen LogP contribution < -0.4 is 55.9 Å². The maximum absolute atomic E-state index is 13.3. The van der Waals surface area contributed by atoms with E-state index in [1.54, 1.807) is 13.8 Å². The first kappa shape index (κ1) is 75.8. The number of carbonyl (C=O) groups excluding carboxylic acids is 7. The number of carboxylic acids is 1. The molecule has 0 bridgehead atoms. The number of carbonyl (C=O) groups is 7. The van der Waals surface area contributed by atoms with Gasteiger partial charge >= 0.3 is 29.6 Å². The van der Waals surface area contributed by atoms with Crippen molar-refractivity contribution >= 4 is 41.2 Å². The second-order valence-corrected chi connectivity index (χ2v) is 19.7. The standard InChI is InChI=1S/C36H59N3O26.C10H19NO6.Na/c1-9-16(38-10(2)43)26(20(49)14(7-41)59-9)61-36-25(54)23(52)29(31(65-36)33(56)57)63-34-17(39-11(3)44)27(21(50)15(8-42)60-34)62-35-24(53)22(51)28(58-4)30(64-35)32(55)37-5-12(45)18(47)19(48)13(46)6-40;1-5(2)10(17)11-3-6(13)8(15)9(16)7(14)4-12;/h9,13-31,34-36,40-42,46-54H,5-8H2,1-4H3,(H,37,55)(H,38,43)(H,39,44)(H,56,57);5,7-9,12,14-16H,3-4H2,1-2H3,(H,11,17);/q;;+1/p-1/t9-,13+,14?,15?,16?,17?,18+,19+,20+,21+,22?,23?,24?,25?,26+,27+,28-,29-,30+,31+,34-,35+,36+;7-,8-,9-;/m01./s1. The first-order chi connectivity index (χ1) is 38.3. The van der Waals surface area contributed by atoms with E-state index in [1.165, 1.54) is 6.92 Å². The number of aliphatic hydroxyl groups excluding tert-OH is 16. The quantitative estimate of drug-likeness (QED) is 0.0358. The third-order valence-corrected chi connectivity index (χ3v) is 13.3. The van der Waals surface area contributed by atoms with Gasteiger partial charge in [-0.2, -0.15) is 0 Å². The number of hydrogen-bond donors (Lipinski definition) is 20. The number of methoxy groups -OCH3 is 1. The van der Waals surface area contributed by atoms with Crippen LogP contribution in [-0.2, 0) is 71.5 Å². The van der Waals surface area contributed by atoms with E-state index in [9.17, 15) is 105 Å². The molecule has 0 aromatic carbocycles. The van der Waals surface area contributed by atoms with Crippen molar-refractivity contribution in [2.75, 3.05) is 46.6 Å². The van der Waals surface area contributed by atoms with Crippen LogP contribution in [-0.4, -0.2) is 329 Å². The van der Waals surface area contributed by atoms with Gasteiger partial charge in [0.1, 0.15) is 122 Å². The molecule has 8 unspecified atom stereocenters. The number of nitrogens with one attached hydrogen (secondary N) is 4. The molecule has 0 aromatic heterocycles. The number of aliphatic hydroxyl groups is 16. The Hall–Kier alpha value is -3.27. The molecule has 4 aliphatic heterocycles. The van der Waals surface area contributed by atoms with Crippen molar-refractivity contribution in [3.05, 3.63) is 0 Å². The Morgan fingerprint density at radius 2 is 0.952 bits per heavy atom. The molecule has 36 nitrogen and oxygen atoms in total. The molecule has 4 amide bonds. The monoisotopic (exact) mass is 1220 g/mol. The number of rotatable bonds is 26. The van der Waals surface area contributed by atoms with E-state index in [0.717, 1.165) is 21.0 Å². The zero-order chi connectivity index (χ0) is 62.4. The summed E-state index contributed by atoms with van der Waals surface area (Å²) in [4.78, 5) is 85.3. The van der Waals surface area contributed by atoms with E-state index in [1.807, 2.05) is 5.32 Å². The molecule has 0 saturated carbocycles. The molecule has 4 heterocycles. The maximum atomic E-state index is 13.3. The molecule has 4 rings (SSSR count). The second-order valence-electron chi connectivity index (χ2n) is 19.7. The van der Waals surface area contributed by atoms with Crippen LogP contribution in [0.5, 0.6) is 0 Å². The van der Waals surface area contributed by atoms with Crippen molar-refractivity contribution in [3.63, 3.8) is 0 Å². The van der Waals surface area contributed by atoms with E-state index in [0.29, 0.717) is 0 Å². The van der Waals surface area contributed by atoms with Gasteiger partial charge in [-0.05, 0) is 6.92 Å². The summed E-state index contributed by atoms with van der Waals surface area (Å²) in [6.45, 7) is 1.74. The Kier molecular flexibility index (Phi) is 31.9. The van der Waals surface area contributed by atoms with E-state index < -0.39 is 234 Å².